The van der Waals surface area contributed by atoms with Crippen LogP contribution in [-0.2, 0) is 0 Å². The molecule has 0 aliphatic heterocycles. The summed E-state index contributed by atoms with van der Waals surface area (Å²) in [5.41, 5.74) is 5.30. The molecule has 1 aromatic carbocycles. The van der Waals surface area contributed by atoms with E-state index in [0.717, 1.165) is 29.5 Å². The number of aromatic amines is 1. The van der Waals surface area contributed by atoms with Crippen molar-refractivity contribution in [2.45, 2.75) is 32.1 Å². The molecule has 4 heteroatoms. The van der Waals surface area contributed by atoms with E-state index in [2.05, 4.69) is 15.5 Å². The van der Waals surface area contributed by atoms with Crippen LogP contribution >= 0.6 is 0 Å². The molecule has 1 saturated carbocycles. The number of para-hydroxylation sites is 1. The summed E-state index contributed by atoms with van der Waals surface area (Å²) in [7, 11) is 0. The van der Waals surface area contributed by atoms with Crippen LogP contribution in [-0.4, -0.2) is 16.6 Å². The van der Waals surface area contributed by atoms with Crippen LogP contribution in [0.3, 0.4) is 0 Å². The second kappa shape index (κ2) is 5.26. The fourth-order valence-corrected chi connectivity index (χ4v) is 2.54. The van der Waals surface area contributed by atoms with E-state index in [0.29, 0.717) is 5.56 Å². The van der Waals surface area contributed by atoms with E-state index in [4.69, 9.17) is 0 Å². The van der Waals surface area contributed by atoms with Crippen LogP contribution in [0, 0.1) is 0 Å². The number of nitrogens with zero attached hydrogens (tertiary/aromatic N) is 1. The van der Waals surface area contributed by atoms with E-state index in [1.54, 1.807) is 0 Å². The molecule has 19 heavy (non-hydrogen) atoms. The molecule has 1 fully saturated rings. The fourth-order valence-electron chi connectivity index (χ4n) is 2.54. The molecule has 1 amide bonds. The third kappa shape index (κ3) is 2.52. The molecule has 2 N–H and O–H groups in total. The molecule has 3 rings (SSSR count). The van der Waals surface area contributed by atoms with Crippen molar-refractivity contribution in [1.29, 1.82) is 0 Å². The van der Waals surface area contributed by atoms with Crippen LogP contribution < -0.4 is 5.43 Å². The van der Waals surface area contributed by atoms with Crippen molar-refractivity contribution in [3.05, 3.63) is 36.0 Å². The van der Waals surface area contributed by atoms with Crippen LogP contribution in [0.4, 0.5) is 0 Å². The van der Waals surface area contributed by atoms with Gasteiger partial charge in [-0.3, -0.25) is 4.79 Å². The van der Waals surface area contributed by atoms with Crippen LogP contribution in [0.2, 0.25) is 0 Å². The first-order valence-corrected chi connectivity index (χ1v) is 6.76. The molecule has 1 heterocycles. The minimum absolute atomic E-state index is 0.147. The van der Waals surface area contributed by atoms with Gasteiger partial charge in [0.1, 0.15) is 0 Å². The van der Waals surface area contributed by atoms with Crippen molar-refractivity contribution < 1.29 is 4.79 Å². The first kappa shape index (κ1) is 12.0. The number of hydrogen-bond acceptors (Lipinski definition) is 2. The third-order valence-electron chi connectivity index (χ3n) is 3.58. The summed E-state index contributed by atoms with van der Waals surface area (Å²) in [6, 6.07) is 7.64. The minimum atomic E-state index is -0.147. The Morgan fingerprint density at radius 1 is 1.16 bits per heavy atom. The second-order valence-electron chi connectivity index (χ2n) is 4.93. The van der Waals surface area contributed by atoms with Gasteiger partial charge in [-0.15, -0.1) is 0 Å². The number of carbonyl (C=O) groups excluding carboxylic acids is 1. The fraction of sp³-hybridized carbons (Fsp3) is 0.333. The number of carbonyl (C=O) groups is 1. The highest BCUT2D eigenvalue weighted by atomic mass is 16.2. The van der Waals surface area contributed by atoms with E-state index >= 15 is 0 Å². The maximum atomic E-state index is 12.2. The van der Waals surface area contributed by atoms with Crippen molar-refractivity contribution in [2.24, 2.45) is 5.10 Å². The molecule has 0 saturated heterocycles. The molecule has 4 nitrogen and oxygen atoms in total. The molecular weight excluding hydrogens is 238 g/mol. The molecular formula is C15H17N3O. The van der Waals surface area contributed by atoms with Gasteiger partial charge in [0.15, 0.2) is 0 Å². The van der Waals surface area contributed by atoms with E-state index < -0.39 is 0 Å². The Hall–Kier alpha value is -2.10. The summed E-state index contributed by atoms with van der Waals surface area (Å²) < 4.78 is 0. The van der Waals surface area contributed by atoms with Gasteiger partial charge in [-0.2, -0.15) is 5.10 Å². The van der Waals surface area contributed by atoms with Crippen LogP contribution in [0.1, 0.15) is 42.5 Å². The quantitative estimate of drug-likeness (QED) is 0.795. The highest BCUT2D eigenvalue weighted by molar-refractivity contribution is 6.06. The van der Waals surface area contributed by atoms with Gasteiger partial charge in [-0.05, 0) is 37.8 Å². The SMILES string of the molecule is O=C(NN=C1CCCCC1)c1cccc2cc[nH]c12. The van der Waals surface area contributed by atoms with Gasteiger partial charge in [0.25, 0.3) is 5.91 Å². The average molecular weight is 255 g/mol. The van der Waals surface area contributed by atoms with Gasteiger partial charge in [-0.1, -0.05) is 18.6 Å². The summed E-state index contributed by atoms with van der Waals surface area (Å²) in [5.74, 6) is -0.147. The van der Waals surface area contributed by atoms with Gasteiger partial charge in [0.05, 0.1) is 11.1 Å². The minimum Gasteiger partial charge on any atom is -0.361 e. The highest BCUT2D eigenvalue weighted by Crippen LogP contribution is 2.17. The summed E-state index contributed by atoms with van der Waals surface area (Å²) in [4.78, 5) is 15.3. The summed E-state index contributed by atoms with van der Waals surface area (Å²) in [6.07, 6.45) is 7.49. The number of rotatable bonds is 2. The standard InChI is InChI=1S/C15H17N3O/c19-15(18-17-12-6-2-1-3-7-12)13-8-4-5-11-9-10-16-14(11)13/h4-5,8-10,16H,1-3,6-7H2,(H,18,19). The van der Waals surface area contributed by atoms with E-state index in [9.17, 15) is 4.79 Å². The molecule has 1 aliphatic carbocycles. The predicted molar refractivity (Wildman–Crippen MR) is 76.3 cm³/mol. The monoisotopic (exact) mass is 255 g/mol. The van der Waals surface area contributed by atoms with Crippen molar-refractivity contribution >= 4 is 22.5 Å². The lowest BCUT2D eigenvalue weighted by atomic mass is 9.99. The van der Waals surface area contributed by atoms with Gasteiger partial charge < -0.3 is 4.98 Å². The molecule has 1 aliphatic rings. The lowest BCUT2D eigenvalue weighted by Crippen LogP contribution is -2.21. The van der Waals surface area contributed by atoms with E-state index in [-0.39, 0.29) is 5.91 Å². The van der Waals surface area contributed by atoms with Crippen molar-refractivity contribution in [3.8, 4) is 0 Å². The maximum Gasteiger partial charge on any atom is 0.273 e. The molecule has 0 spiro atoms. The smallest absolute Gasteiger partial charge is 0.273 e. The lowest BCUT2D eigenvalue weighted by Gasteiger charge is -2.12. The number of amides is 1. The normalized spacial score (nSPS) is 15.5. The number of nitrogens with one attached hydrogen (secondary N) is 2. The topological polar surface area (TPSA) is 57.2 Å². The number of hydrogen-bond donors (Lipinski definition) is 2. The molecule has 0 unspecified atom stereocenters. The maximum absolute atomic E-state index is 12.2. The van der Waals surface area contributed by atoms with Gasteiger partial charge in [0.2, 0.25) is 0 Å². The first-order valence-electron chi connectivity index (χ1n) is 6.76. The summed E-state index contributed by atoms with van der Waals surface area (Å²) >= 11 is 0. The largest absolute Gasteiger partial charge is 0.361 e. The van der Waals surface area contributed by atoms with Crippen molar-refractivity contribution in [1.82, 2.24) is 10.4 Å². The zero-order valence-corrected chi connectivity index (χ0v) is 10.8. The number of H-pyrrole nitrogens is 1. The Morgan fingerprint density at radius 2 is 2.00 bits per heavy atom. The van der Waals surface area contributed by atoms with Crippen LogP contribution in [0.15, 0.2) is 35.6 Å². The molecule has 1 aromatic heterocycles. The van der Waals surface area contributed by atoms with Crippen molar-refractivity contribution in [2.75, 3.05) is 0 Å². The van der Waals surface area contributed by atoms with Gasteiger partial charge in [-0.25, -0.2) is 5.43 Å². The summed E-state index contributed by atoms with van der Waals surface area (Å²) in [6.45, 7) is 0. The second-order valence-corrected chi connectivity index (χ2v) is 4.93. The lowest BCUT2D eigenvalue weighted by molar-refractivity contribution is 0.0956. The predicted octanol–water partition coefficient (Wildman–Crippen LogP) is 3.22. The van der Waals surface area contributed by atoms with Gasteiger partial charge in [0, 0.05) is 17.3 Å². The Morgan fingerprint density at radius 3 is 2.84 bits per heavy atom. The number of benzene rings is 1. The molecule has 0 bridgehead atoms. The Kier molecular flexibility index (Phi) is 3.31. The molecule has 0 atom stereocenters. The van der Waals surface area contributed by atoms with E-state index in [1.807, 2.05) is 30.5 Å². The number of hydrazone groups is 1. The molecule has 98 valence electrons. The average Bonchev–Trinajstić information content (AvgIpc) is 2.94. The van der Waals surface area contributed by atoms with Crippen LogP contribution in [0.25, 0.3) is 10.9 Å². The first-order chi connectivity index (χ1) is 9.34. The summed E-state index contributed by atoms with van der Waals surface area (Å²) in [5, 5.41) is 5.29. The third-order valence-corrected chi connectivity index (χ3v) is 3.58. The zero-order chi connectivity index (χ0) is 13.1. The van der Waals surface area contributed by atoms with Crippen molar-refractivity contribution in [3.63, 3.8) is 0 Å². The molecule has 2 aromatic rings. The Balaban J connectivity index is 1.78. The zero-order valence-electron chi connectivity index (χ0n) is 10.8. The molecule has 0 radical (unpaired) electrons. The highest BCUT2D eigenvalue weighted by Gasteiger charge is 2.11. The van der Waals surface area contributed by atoms with E-state index in [1.165, 1.54) is 19.3 Å². The van der Waals surface area contributed by atoms with Crippen LogP contribution in [0.5, 0.6) is 0 Å². The van der Waals surface area contributed by atoms with Gasteiger partial charge >= 0.3 is 0 Å². The number of aromatic nitrogens is 1. The number of fused-ring (bicyclic) bond motifs is 1. The Bertz CT molecular complexity index is 619. The Labute approximate surface area is 111 Å².